The molecule has 1 aliphatic heterocycles. The van der Waals surface area contributed by atoms with Crippen LogP contribution in [-0.2, 0) is 13.1 Å². The van der Waals surface area contributed by atoms with Crippen molar-refractivity contribution in [1.82, 2.24) is 4.90 Å². The van der Waals surface area contributed by atoms with Gasteiger partial charge in [-0.3, -0.25) is 4.90 Å². The minimum absolute atomic E-state index is 0.244. The van der Waals surface area contributed by atoms with Crippen molar-refractivity contribution in [3.05, 3.63) is 33.4 Å². The monoisotopic (exact) mass is 287 g/mol. The lowest BCUT2D eigenvalue weighted by molar-refractivity contribution is 0.136. The van der Waals surface area contributed by atoms with E-state index >= 15 is 0 Å². The molecule has 0 aliphatic carbocycles. The summed E-state index contributed by atoms with van der Waals surface area (Å²) in [6.45, 7) is 23.3. The summed E-state index contributed by atoms with van der Waals surface area (Å²) in [6, 6.07) is 0. The largest absolute Gasteiger partial charge is 0.290 e. The van der Waals surface area contributed by atoms with Crippen molar-refractivity contribution >= 4 is 0 Å². The van der Waals surface area contributed by atoms with Crippen LogP contribution in [0.25, 0.3) is 0 Å². The minimum Gasteiger partial charge on any atom is -0.290 e. The smallest absolute Gasteiger partial charge is 0.0248 e. The van der Waals surface area contributed by atoms with Crippen LogP contribution in [0.4, 0.5) is 0 Å². The molecule has 1 heteroatoms. The summed E-state index contributed by atoms with van der Waals surface area (Å²) in [4.78, 5) is 2.62. The van der Waals surface area contributed by atoms with Gasteiger partial charge in [0.2, 0.25) is 0 Å². The Bertz CT molecular complexity index is 501. The zero-order valence-corrected chi connectivity index (χ0v) is 15.5. The van der Waals surface area contributed by atoms with Gasteiger partial charge < -0.3 is 0 Å². The van der Waals surface area contributed by atoms with E-state index in [1.807, 2.05) is 0 Å². The second-order valence-corrected chi connectivity index (χ2v) is 8.37. The lowest BCUT2D eigenvalue weighted by atomic mass is 9.80. The Morgan fingerprint density at radius 2 is 1.10 bits per heavy atom. The van der Waals surface area contributed by atoms with E-state index < -0.39 is 0 Å². The van der Waals surface area contributed by atoms with E-state index in [1.54, 1.807) is 33.4 Å². The second kappa shape index (κ2) is 5.43. The van der Waals surface area contributed by atoms with Crippen LogP contribution in [0.2, 0.25) is 0 Å². The zero-order chi connectivity index (χ0) is 16.1. The Morgan fingerprint density at radius 1 is 0.762 bits per heavy atom. The van der Waals surface area contributed by atoms with Gasteiger partial charge in [-0.25, -0.2) is 0 Å². The Kier molecular flexibility index (Phi) is 4.28. The first kappa shape index (κ1) is 16.5. The Morgan fingerprint density at radius 3 is 1.33 bits per heavy atom. The summed E-state index contributed by atoms with van der Waals surface area (Å²) in [6.07, 6.45) is 0. The molecule has 21 heavy (non-hydrogen) atoms. The molecule has 0 fully saturated rings. The van der Waals surface area contributed by atoms with E-state index in [1.165, 1.54) is 0 Å². The van der Waals surface area contributed by atoms with Crippen LogP contribution in [0, 0.1) is 13.8 Å². The van der Waals surface area contributed by atoms with Crippen molar-refractivity contribution < 1.29 is 0 Å². The highest BCUT2D eigenvalue weighted by Gasteiger charge is 2.32. The Hall–Kier alpha value is -0.820. The number of fused-ring (bicyclic) bond motifs is 1. The molecule has 0 aromatic heterocycles. The molecule has 0 saturated carbocycles. The number of hydrogen-bond acceptors (Lipinski definition) is 1. The molecule has 0 saturated heterocycles. The van der Waals surface area contributed by atoms with E-state index in [4.69, 9.17) is 0 Å². The molecule has 0 radical (unpaired) electrons. The first-order valence-electron chi connectivity index (χ1n) is 8.45. The van der Waals surface area contributed by atoms with E-state index in [0.29, 0.717) is 11.8 Å². The fourth-order valence-electron chi connectivity index (χ4n) is 4.01. The molecule has 0 spiro atoms. The average molecular weight is 287 g/mol. The molecule has 0 bridgehead atoms. The van der Waals surface area contributed by atoms with Crippen LogP contribution in [0.1, 0.15) is 93.7 Å². The van der Waals surface area contributed by atoms with Gasteiger partial charge in [-0.05, 0) is 79.8 Å². The first-order valence-corrected chi connectivity index (χ1v) is 8.45. The van der Waals surface area contributed by atoms with Crippen LogP contribution in [0.3, 0.4) is 0 Å². The molecule has 1 nitrogen and oxygen atoms in total. The third-order valence-electron chi connectivity index (χ3n) is 5.17. The molecule has 1 aromatic rings. The maximum absolute atomic E-state index is 2.62. The standard InChI is InChI=1S/C20H33N/c1-12(2)18-14(5)16-10-21(20(7,8)9)11-17(16)15(6)19(18)13(3)4/h12-13H,10-11H2,1-9H3. The highest BCUT2D eigenvalue weighted by atomic mass is 15.2. The van der Waals surface area contributed by atoms with Crippen LogP contribution in [-0.4, -0.2) is 10.4 Å². The molecule has 1 aromatic carbocycles. The maximum Gasteiger partial charge on any atom is 0.0248 e. The van der Waals surface area contributed by atoms with Crippen molar-refractivity contribution in [2.45, 2.75) is 92.8 Å². The molecular weight excluding hydrogens is 254 g/mol. The van der Waals surface area contributed by atoms with E-state index in [0.717, 1.165) is 13.1 Å². The number of hydrogen-bond donors (Lipinski definition) is 0. The Balaban J connectivity index is 2.65. The zero-order valence-electron chi connectivity index (χ0n) is 15.5. The summed E-state index contributed by atoms with van der Waals surface area (Å²) in [5, 5.41) is 0. The summed E-state index contributed by atoms with van der Waals surface area (Å²) in [5.41, 5.74) is 9.79. The maximum atomic E-state index is 2.62. The van der Waals surface area contributed by atoms with Gasteiger partial charge in [-0.2, -0.15) is 0 Å². The fourth-order valence-corrected chi connectivity index (χ4v) is 4.01. The molecule has 0 atom stereocenters. The fraction of sp³-hybridized carbons (Fsp3) is 0.700. The van der Waals surface area contributed by atoms with E-state index in [9.17, 15) is 0 Å². The highest BCUT2D eigenvalue weighted by Crippen LogP contribution is 2.41. The summed E-state index contributed by atoms with van der Waals surface area (Å²) < 4.78 is 0. The van der Waals surface area contributed by atoms with Crippen molar-refractivity contribution in [2.75, 3.05) is 0 Å². The quantitative estimate of drug-likeness (QED) is 0.678. The van der Waals surface area contributed by atoms with Gasteiger partial charge in [0.25, 0.3) is 0 Å². The SMILES string of the molecule is Cc1c2c(c(C)c(C(C)C)c1C(C)C)CN(C(C)(C)C)C2. The topological polar surface area (TPSA) is 3.24 Å². The Labute approximate surface area is 131 Å². The molecule has 1 aliphatic rings. The van der Waals surface area contributed by atoms with Crippen LogP contribution < -0.4 is 0 Å². The molecule has 118 valence electrons. The average Bonchev–Trinajstić information content (AvgIpc) is 2.77. The van der Waals surface area contributed by atoms with Gasteiger partial charge in [-0.15, -0.1) is 0 Å². The van der Waals surface area contributed by atoms with Gasteiger partial charge in [0, 0.05) is 18.6 Å². The molecule has 0 amide bonds. The van der Waals surface area contributed by atoms with Crippen molar-refractivity contribution in [2.24, 2.45) is 0 Å². The van der Waals surface area contributed by atoms with Gasteiger partial charge in [0.05, 0.1) is 0 Å². The molecule has 1 heterocycles. The van der Waals surface area contributed by atoms with Crippen molar-refractivity contribution in [1.29, 1.82) is 0 Å². The van der Waals surface area contributed by atoms with Gasteiger partial charge in [0.1, 0.15) is 0 Å². The van der Waals surface area contributed by atoms with E-state index in [2.05, 4.69) is 67.2 Å². The predicted octanol–water partition coefficient (Wildman–Crippen LogP) is 5.66. The van der Waals surface area contributed by atoms with Gasteiger partial charge in [-0.1, -0.05) is 27.7 Å². The third-order valence-corrected chi connectivity index (χ3v) is 5.17. The lowest BCUT2D eigenvalue weighted by Gasteiger charge is -2.31. The van der Waals surface area contributed by atoms with Gasteiger partial charge >= 0.3 is 0 Å². The lowest BCUT2D eigenvalue weighted by Crippen LogP contribution is -2.36. The van der Waals surface area contributed by atoms with Crippen LogP contribution in [0.15, 0.2) is 0 Å². The molecular formula is C20H33N. The summed E-state index contributed by atoms with van der Waals surface area (Å²) in [5.74, 6) is 1.21. The number of nitrogens with zero attached hydrogens (tertiary/aromatic N) is 1. The minimum atomic E-state index is 0.244. The summed E-state index contributed by atoms with van der Waals surface area (Å²) in [7, 11) is 0. The predicted molar refractivity (Wildman–Crippen MR) is 93.1 cm³/mol. The highest BCUT2D eigenvalue weighted by molar-refractivity contribution is 5.54. The van der Waals surface area contributed by atoms with E-state index in [-0.39, 0.29) is 5.54 Å². The van der Waals surface area contributed by atoms with Crippen LogP contribution >= 0.6 is 0 Å². The van der Waals surface area contributed by atoms with Crippen molar-refractivity contribution in [3.63, 3.8) is 0 Å². The van der Waals surface area contributed by atoms with Gasteiger partial charge in [0.15, 0.2) is 0 Å². The third kappa shape index (κ3) is 2.77. The second-order valence-electron chi connectivity index (χ2n) is 8.37. The number of benzene rings is 1. The number of rotatable bonds is 2. The first-order chi connectivity index (χ1) is 9.55. The molecule has 2 rings (SSSR count). The summed E-state index contributed by atoms with van der Waals surface area (Å²) >= 11 is 0. The molecule has 0 unspecified atom stereocenters. The van der Waals surface area contributed by atoms with Crippen molar-refractivity contribution in [3.8, 4) is 0 Å². The normalized spacial score (nSPS) is 16.1. The molecule has 0 N–H and O–H groups in total. The van der Waals surface area contributed by atoms with Crippen LogP contribution in [0.5, 0.6) is 0 Å².